The summed E-state index contributed by atoms with van der Waals surface area (Å²) in [5.74, 6) is -0.507. The van der Waals surface area contributed by atoms with Crippen LogP contribution in [-0.2, 0) is 4.74 Å². The van der Waals surface area contributed by atoms with Gasteiger partial charge in [0.25, 0.3) is 0 Å². The van der Waals surface area contributed by atoms with E-state index < -0.39 is 5.97 Å². The lowest BCUT2D eigenvalue weighted by molar-refractivity contribution is 0.0493. The minimum Gasteiger partial charge on any atom is -0.462 e. The number of ether oxygens (including phenoxy) is 1. The molecule has 0 unspecified atom stereocenters. The molecule has 6 heteroatoms. The van der Waals surface area contributed by atoms with Crippen LogP contribution < -0.4 is 5.73 Å². The maximum Gasteiger partial charge on any atom is 0.339 e. The molecular weight excluding hydrogens is 275 g/mol. The number of carbonyl (C=O) groups is 1. The first kappa shape index (κ1) is 15.1. The number of carbonyl (C=O) groups excluding carboxylic acids is 1. The van der Waals surface area contributed by atoms with Crippen molar-refractivity contribution in [3.8, 4) is 0 Å². The number of anilines is 1. The molecule has 0 heterocycles. The van der Waals surface area contributed by atoms with Crippen LogP contribution in [0.25, 0.3) is 0 Å². The van der Waals surface area contributed by atoms with Crippen molar-refractivity contribution in [1.82, 2.24) is 4.90 Å². The second kappa shape index (κ2) is 6.83. The molecule has 0 spiro atoms. The van der Waals surface area contributed by atoms with E-state index in [0.29, 0.717) is 12.3 Å². The van der Waals surface area contributed by atoms with Crippen molar-refractivity contribution in [2.24, 2.45) is 0 Å². The second-order valence-electron chi connectivity index (χ2n) is 4.16. The van der Waals surface area contributed by atoms with Gasteiger partial charge in [-0.05, 0) is 32.6 Å². The molecule has 100 valence electrons. The molecule has 0 saturated carbocycles. The van der Waals surface area contributed by atoms with E-state index in [2.05, 4.69) is 0 Å². The number of esters is 1. The summed E-state index contributed by atoms with van der Waals surface area (Å²) in [4.78, 5) is 13.8. The highest BCUT2D eigenvalue weighted by atomic mass is 35.5. The third kappa shape index (κ3) is 4.37. The van der Waals surface area contributed by atoms with Crippen LogP contribution in [0.15, 0.2) is 12.1 Å². The van der Waals surface area contributed by atoms with E-state index in [4.69, 9.17) is 33.7 Å². The van der Waals surface area contributed by atoms with Gasteiger partial charge in [-0.15, -0.1) is 0 Å². The lowest BCUT2D eigenvalue weighted by atomic mass is 10.2. The number of nitrogen functional groups attached to an aromatic ring is 1. The Morgan fingerprint density at radius 1 is 1.39 bits per heavy atom. The molecule has 1 aromatic rings. The number of nitrogens with two attached hydrogens (primary N) is 1. The van der Waals surface area contributed by atoms with E-state index in [9.17, 15) is 4.79 Å². The van der Waals surface area contributed by atoms with Crippen molar-refractivity contribution in [2.45, 2.75) is 6.42 Å². The van der Waals surface area contributed by atoms with E-state index in [0.717, 1.165) is 13.0 Å². The molecular formula is C12H16Cl2N2O2. The second-order valence-corrected chi connectivity index (χ2v) is 4.94. The van der Waals surface area contributed by atoms with Gasteiger partial charge in [0.2, 0.25) is 0 Å². The van der Waals surface area contributed by atoms with Gasteiger partial charge in [0.1, 0.15) is 0 Å². The molecule has 0 aliphatic carbocycles. The van der Waals surface area contributed by atoms with Gasteiger partial charge in [-0.25, -0.2) is 4.79 Å². The topological polar surface area (TPSA) is 55.6 Å². The zero-order valence-electron chi connectivity index (χ0n) is 10.4. The third-order valence-corrected chi connectivity index (χ3v) is 3.06. The molecule has 0 bridgehead atoms. The number of benzene rings is 1. The van der Waals surface area contributed by atoms with Crippen molar-refractivity contribution >= 4 is 34.9 Å². The maximum atomic E-state index is 11.8. The van der Waals surface area contributed by atoms with Gasteiger partial charge in [0, 0.05) is 12.2 Å². The molecule has 18 heavy (non-hydrogen) atoms. The highest BCUT2D eigenvalue weighted by Gasteiger charge is 2.15. The van der Waals surface area contributed by atoms with Gasteiger partial charge in [-0.2, -0.15) is 0 Å². The first-order valence-electron chi connectivity index (χ1n) is 5.48. The van der Waals surface area contributed by atoms with Crippen molar-refractivity contribution < 1.29 is 9.53 Å². The molecule has 0 amide bonds. The summed E-state index contributed by atoms with van der Waals surface area (Å²) in [6.45, 7) is 1.18. The summed E-state index contributed by atoms with van der Waals surface area (Å²) in [7, 11) is 3.91. The van der Waals surface area contributed by atoms with Crippen molar-refractivity contribution in [1.29, 1.82) is 0 Å². The molecule has 2 N–H and O–H groups in total. The Morgan fingerprint density at radius 3 is 2.67 bits per heavy atom. The van der Waals surface area contributed by atoms with Gasteiger partial charge in [-0.1, -0.05) is 23.2 Å². The van der Waals surface area contributed by atoms with Crippen LogP contribution in [0.1, 0.15) is 16.8 Å². The highest BCUT2D eigenvalue weighted by Crippen LogP contribution is 2.29. The molecule has 0 atom stereocenters. The van der Waals surface area contributed by atoms with Gasteiger partial charge in [0.15, 0.2) is 0 Å². The molecule has 0 aliphatic heterocycles. The SMILES string of the molecule is CN(C)CCCOC(=O)c1cc(N)cc(Cl)c1Cl. The summed E-state index contributed by atoms with van der Waals surface area (Å²) in [5.41, 5.74) is 6.18. The smallest absolute Gasteiger partial charge is 0.339 e. The summed E-state index contributed by atoms with van der Waals surface area (Å²) in [6, 6.07) is 2.95. The zero-order valence-corrected chi connectivity index (χ0v) is 11.9. The largest absolute Gasteiger partial charge is 0.462 e. The molecule has 1 rings (SSSR count). The Morgan fingerprint density at radius 2 is 2.06 bits per heavy atom. The van der Waals surface area contributed by atoms with Crippen LogP contribution in [0.3, 0.4) is 0 Å². The Hall–Kier alpha value is -0.970. The first-order chi connectivity index (χ1) is 8.41. The van der Waals surface area contributed by atoms with Crippen LogP contribution in [0, 0.1) is 0 Å². The molecule has 0 aliphatic rings. The number of hydrogen-bond donors (Lipinski definition) is 1. The Kier molecular flexibility index (Phi) is 5.72. The van der Waals surface area contributed by atoms with Crippen molar-refractivity contribution in [2.75, 3.05) is 33.0 Å². The molecule has 0 radical (unpaired) electrons. The van der Waals surface area contributed by atoms with Crippen LogP contribution in [0.4, 0.5) is 5.69 Å². The molecule has 0 aromatic heterocycles. The van der Waals surface area contributed by atoms with E-state index in [1.807, 2.05) is 19.0 Å². The minimum atomic E-state index is -0.507. The number of halogens is 2. The summed E-state index contributed by atoms with van der Waals surface area (Å²) in [5, 5.41) is 0.417. The molecule has 4 nitrogen and oxygen atoms in total. The monoisotopic (exact) mass is 290 g/mol. The van der Waals surface area contributed by atoms with Crippen LogP contribution in [-0.4, -0.2) is 38.1 Å². The summed E-state index contributed by atoms with van der Waals surface area (Å²) >= 11 is 11.8. The molecule has 1 aromatic carbocycles. The Labute approximate surface area is 117 Å². The number of nitrogens with zero attached hydrogens (tertiary/aromatic N) is 1. The predicted octanol–water partition coefficient (Wildman–Crippen LogP) is 2.68. The van der Waals surface area contributed by atoms with Crippen LogP contribution >= 0.6 is 23.2 Å². The number of hydrogen-bond acceptors (Lipinski definition) is 4. The first-order valence-corrected chi connectivity index (χ1v) is 6.23. The average molecular weight is 291 g/mol. The third-order valence-electron chi connectivity index (χ3n) is 2.25. The fourth-order valence-corrected chi connectivity index (χ4v) is 1.80. The van der Waals surface area contributed by atoms with Crippen molar-refractivity contribution in [3.05, 3.63) is 27.7 Å². The van der Waals surface area contributed by atoms with Gasteiger partial charge in [-0.3, -0.25) is 0 Å². The zero-order chi connectivity index (χ0) is 13.7. The quantitative estimate of drug-likeness (QED) is 0.515. The molecule has 0 saturated heterocycles. The van der Waals surface area contributed by atoms with Gasteiger partial charge >= 0.3 is 5.97 Å². The Balaban J connectivity index is 2.62. The fourth-order valence-electron chi connectivity index (χ4n) is 1.38. The lowest BCUT2D eigenvalue weighted by Crippen LogP contribution is -2.16. The fraction of sp³-hybridized carbons (Fsp3) is 0.417. The lowest BCUT2D eigenvalue weighted by Gasteiger charge is -2.10. The average Bonchev–Trinajstić information content (AvgIpc) is 2.28. The highest BCUT2D eigenvalue weighted by molar-refractivity contribution is 6.44. The Bertz CT molecular complexity index is 436. The van der Waals surface area contributed by atoms with E-state index in [-0.39, 0.29) is 15.6 Å². The normalized spacial score (nSPS) is 10.7. The number of rotatable bonds is 5. The standard InChI is InChI=1S/C12H16Cl2N2O2/c1-16(2)4-3-5-18-12(17)9-6-8(15)7-10(13)11(9)14/h6-7H,3-5,15H2,1-2H3. The van der Waals surface area contributed by atoms with Crippen molar-refractivity contribution in [3.63, 3.8) is 0 Å². The summed E-state index contributed by atoms with van der Waals surface area (Å²) in [6.07, 6.45) is 0.756. The summed E-state index contributed by atoms with van der Waals surface area (Å²) < 4.78 is 5.11. The van der Waals surface area contributed by atoms with E-state index in [1.54, 1.807) is 0 Å². The maximum absolute atomic E-state index is 11.8. The van der Waals surface area contributed by atoms with Crippen LogP contribution in [0.2, 0.25) is 10.0 Å². The van der Waals surface area contributed by atoms with Gasteiger partial charge in [0.05, 0.1) is 22.2 Å². The van der Waals surface area contributed by atoms with E-state index in [1.165, 1.54) is 12.1 Å². The predicted molar refractivity (Wildman–Crippen MR) is 74.3 cm³/mol. The van der Waals surface area contributed by atoms with Crippen LogP contribution in [0.5, 0.6) is 0 Å². The van der Waals surface area contributed by atoms with Gasteiger partial charge < -0.3 is 15.4 Å². The minimum absolute atomic E-state index is 0.170. The van der Waals surface area contributed by atoms with E-state index >= 15 is 0 Å². The molecule has 0 fully saturated rings.